The number of imidazole rings is 1. The van der Waals surface area contributed by atoms with Crippen molar-refractivity contribution >= 4 is 5.82 Å². The Hall–Kier alpha value is -1.91. The third-order valence-electron chi connectivity index (χ3n) is 4.03. The Bertz CT molecular complexity index is 623. The zero-order valence-corrected chi connectivity index (χ0v) is 11.4. The van der Waals surface area contributed by atoms with Crippen molar-refractivity contribution in [2.75, 3.05) is 5.73 Å². The molecule has 0 amide bonds. The highest BCUT2D eigenvalue weighted by molar-refractivity contribution is 5.71. The Labute approximate surface area is 116 Å². The van der Waals surface area contributed by atoms with E-state index in [9.17, 15) is 8.78 Å². The van der Waals surface area contributed by atoms with Crippen LogP contribution in [-0.2, 0) is 7.05 Å². The Morgan fingerprint density at radius 1 is 1.15 bits per heavy atom. The smallest absolute Gasteiger partial charge is 0.131 e. The minimum Gasteiger partial charge on any atom is -0.383 e. The largest absolute Gasteiger partial charge is 0.383 e. The maximum atomic E-state index is 13.3. The summed E-state index contributed by atoms with van der Waals surface area (Å²) in [5, 5.41) is 0. The molecular formula is C15H17F2N3. The third kappa shape index (κ3) is 2.17. The molecule has 0 aliphatic heterocycles. The second kappa shape index (κ2) is 4.89. The van der Waals surface area contributed by atoms with Crippen LogP contribution in [0, 0.1) is 11.6 Å². The second-order valence-corrected chi connectivity index (χ2v) is 5.40. The normalized spacial score (nSPS) is 15.9. The average Bonchev–Trinajstić information content (AvgIpc) is 2.99. The van der Waals surface area contributed by atoms with Gasteiger partial charge in [-0.1, -0.05) is 12.8 Å². The fourth-order valence-electron chi connectivity index (χ4n) is 2.98. The molecule has 3 nitrogen and oxygen atoms in total. The molecule has 0 unspecified atom stereocenters. The van der Waals surface area contributed by atoms with Crippen LogP contribution in [0.1, 0.15) is 37.4 Å². The summed E-state index contributed by atoms with van der Waals surface area (Å²) in [6.07, 6.45) is 4.59. The molecule has 1 fully saturated rings. The number of nitrogen functional groups attached to an aromatic ring is 1. The van der Waals surface area contributed by atoms with Crippen LogP contribution in [0.3, 0.4) is 0 Å². The van der Waals surface area contributed by atoms with Gasteiger partial charge in [0.05, 0.1) is 0 Å². The average molecular weight is 277 g/mol. The standard InChI is InChI=1S/C15H17F2N3/c1-20-14(18)13(10-6-11(16)8-12(17)7-10)19-15(20)9-4-2-3-5-9/h6-9H,2-5,18H2,1H3. The molecule has 1 aromatic heterocycles. The summed E-state index contributed by atoms with van der Waals surface area (Å²) in [6.45, 7) is 0. The van der Waals surface area contributed by atoms with Gasteiger partial charge in [0.2, 0.25) is 0 Å². The lowest BCUT2D eigenvalue weighted by molar-refractivity contribution is 0.584. The Morgan fingerprint density at radius 2 is 1.75 bits per heavy atom. The molecule has 20 heavy (non-hydrogen) atoms. The van der Waals surface area contributed by atoms with Crippen LogP contribution < -0.4 is 5.73 Å². The predicted molar refractivity (Wildman–Crippen MR) is 74.2 cm³/mol. The van der Waals surface area contributed by atoms with E-state index in [0.29, 0.717) is 23.0 Å². The van der Waals surface area contributed by atoms with Crippen molar-refractivity contribution in [3.8, 4) is 11.3 Å². The van der Waals surface area contributed by atoms with Crippen molar-refractivity contribution in [1.29, 1.82) is 0 Å². The van der Waals surface area contributed by atoms with E-state index in [2.05, 4.69) is 4.98 Å². The van der Waals surface area contributed by atoms with Crippen molar-refractivity contribution in [3.63, 3.8) is 0 Å². The van der Waals surface area contributed by atoms with E-state index in [1.165, 1.54) is 25.0 Å². The van der Waals surface area contributed by atoms with Crippen molar-refractivity contribution < 1.29 is 8.78 Å². The lowest BCUT2D eigenvalue weighted by Gasteiger charge is -2.08. The van der Waals surface area contributed by atoms with Crippen molar-refractivity contribution in [1.82, 2.24) is 9.55 Å². The van der Waals surface area contributed by atoms with Crippen LogP contribution in [0.2, 0.25) is 0 Å². The summed E-state index contributed by atoms with van der Waals surface area (Å²) < 4.78 is 28.5. The molecule has 1 aliphatic carbocycles. The molecule has 5 heteroatoms. The van der Waals surface area contributed by atoms with Crippen LogP contribution in [0.15, 0.2) is 18.2 Å². The second-order valence-electron chi connectivity index (χ2n) is 5.40. The number of hydrogen-bond donors (Lipinski definition) is 1. The minimum absolute atomic E-state index is 0.389. The van der Waals surface area contributed by atoms with Gasteiger partial charge in [0.15, 0.2) is 0 Å². The molecule has 1 aliphatic rings. The van der Waals surface area contributed by atoms with E-state index in [1.54, 1.807) is 0 Å². The summed E-state index contributed by atoms with van der Waals surface area (Å²) in [5.74, 6) is 0.533. The minimum atomic E-state index is -0.618. The summed E-state index contributed by atoms with van der Waals surface area (Å²) in [4.78, 5) is 4.55. The molecule has 0 bridgehead atoms. The van der Waals surface area contributed by atoms with E-state index in [0.717, 1.165) is 24.7 Å². The molecule has 0 radical (unpaired) electrons. The number of rotatable bonds is 2. The fraction of sp³-hybridized carbons (Fsp3) is 0.400. The van der Waals surface area contributed by atoms with Gasteiger partial charge in [-0.15, -0.1) is 0 Å². The van der Waals surface area contributed by atoms with Crippen molar-refractivity contribution in [2.24, 2.45) is 7.05 Å². The summed E-state index contributed by atoms with van der Waals surface area (Å²) in [5.41, 5.74) is 6.91. The van der Waals surface area contributed by atoms with E-state index in [1.807, 2.05) is 11.6 Å². The van der Waals surface area contributed by atoms with Gasteiger partial charge in [0.25, 0.3) is 0 Å². The monoisotopic (exact) mass is 277 g/mol. The van der Waals surface area contributed by atoms with Gasteiger partial charge in [-0.05, 0) is 25.0 Å². The molecule has 1 aromatic carbocycles. The van der Waals surface area contributed by atoms with Crippen molar-refractivity contribution in [2.45, 2.75) is 31.6 Å². The third-order valence-corrected chi connectivity index (χ3v) is 4.03. The number of hydrogen-bond acceptors (Lipinski definition) is 2. The number of aromatic nitrogens is 2. The fourth-order valence-corrected chi connectivity index (χ4v) is 2.98. The summed E-state index contributed by atoms with van der Waals surface area (Å²) in [7, 11) is 1.86. The zero-order chi connectivity index (χ0) is 14.3. The van der Waals surface area contributed by atoms with Crippen LogP contribution >= 0.6 is 0 Å². The maximum absolute atomic E-state index is 13.3. The molecule has 0 saturated heterocycles. The highest BCUT2D eigenvalue weighted by Gasteiger charge is 2.24. The van der Waals surface area contributed by atoms with Crippen LogP contribution in [0.4, 0.5) is 14.6 Å². The summed E-state index contributed by atoms with van der Waals surface area (Å²) in [6, 6.07) is 3.38. The van der Waals surface area contributed by atoms with Gasteiger partial charge < -0.3 is 10.3 Å². The molecule has 106 valence electrons. The highest BCUT2D eigenvalue weighted by atomic mass is 19.1. The molecule has 2 aromatic rings. The quantitative estimate of drug-likeness (QED) is 0.911. The predicted octanol–water partition coefficient (Wildman–Crippen LogP) is 3.61. The van der Waals surface area contributed by atoms with Crippen LogP contribution in [0.25, 0.3) is 11.3 Å². The molecule has 3 rings (SSSR count). The maximum Gasteiger partial charge on any atom is 0.131 e. The number of nitrogens with zero attached hydrogens (tertiary/aromatic N) is 2. The van der Waals surface area contributed by atoms with Gasteiger partial charge >= 0.3 is 0 Å². The van der Waals surface area contributed by atoms with Gasteiger partial charge in [-0.2, -0.15) is 0 Å². The van der Waals surface area contributed by atoms with Gasteiger partial charge in [0.1, 0.15) is 29.0 Å². The van der Waals surface area contributed by atoms with Crippen molar-refractivity contribution in [3.05, 3.63) is 35.7 Å². The van der Waals surface area contributed by atoms with Crippen LogP contribution in [0.5, 0.6) is 0 Å². The first-order chi connectivity index (χ1) is 9.56. The molecule has 2 N–H and O–H groups in total. The van der Waals surface area contributed by atoms with E-state index >= 15 is 0 Å². The topological polar surface area (TPSA) is 43.8 Å². The van der Waals surface area contributed by atoms with E-state index in [-0.39, 0.29) is 0 Å². The van der Waals surface area contributed by atoms with Gasteiger partial charge in [0, 0.05) is 24.6 Å². The van der Waals surface area contributed by atoms with E-state index in [4.69, 9.17) is 5.73 Å². The molecule has 1 saturated carbocycles. The Balaban J connectivity index is 2.07. The Morgan fingerprint density at radius 3 is 2.35 bits per heavy atom. The first kappa shape index (κ1) is 13.1. The zero-order valence-electron chi connectivity index (χ0n) is 11.4. The number of halogens is 2. The first-order valence-corrected chi connectivity index (χ1v) is 6.85. The lowest BCUT2D eigenvalue weighted by Crippen LogP contribution is -2.05. The van der Waals surface area contributed by atoms with E-state index < -0.39 is 11.6 Å². The SMILES string of the molecule is Cn1c(C2CCCC2)nc(-c2cc(F)cc(F)c2)c1N. The highest BCUT2D eigenvalue weighted by Crippen LogP contribution is 2.37. The lowest BCUT2D eigenvalue weighted by atomic mass is 10.1. The summed E-state index contributed by atoms with van der Waals surface area (Å²) >= 11 is 0. The first-order valence-electron chi connectivity index (χ1n) is 6.85. The molecule has 1 heterocycles. The molecule has 0 atom stereocenters. The number of anilines is 1. The van der Waals surface area contributed by atoms with Crippen LogP contribution in [-0.4, -0.2) is 9.55 Å². The molecule has 0 spiro atoms. The molecular weight excluding hydrogens is 260 g/mol. The number of nitrogens with two attached hydrogens (primary N) is 1. The number of benzene rings is 1. The van der Waals surface area contributed by atoms with Gasteiger partial charge in [-0.25, -0.2) is 13.8 Å². The van der Waals surface area contributed by atoms with Gasteiger partial charge in [-0.3, -0.25) is 0 Å². The Kier molecular flexibility index (Phi) is 3.20.